The summed E-state index contributed by atoms with van der Waals surface area (Å²) in [5.41, 5.74) is 5.26. The van der Waals surface area contributed by atoms with Gasteiger partial charge in [0.05, 0.1) is 65.1 Å². The molecule has 28 heteroatoms. The Morgan fingerprint density at radius 1 is 0.579 bits per heavy atom. The fourth-order valence-corrected chi connectivity index (χ4v) is 13.7. The number of benzene rings is 6. The van der Waals surface area contributed by atoms with Gasteiger partial charge in [-0.3, -0.25) is 28.3 Å². The summed E-state index contributed by atoms with van der Waals surface area (Å²) in [6, 6.07) is 36.7. The number of nitrogens with zero attached hydrogens (tertiary/aromatic N) is 14. The zero-order valence-electron chi connectivity index (χ0n) is 50.3. The zero-order chi connectivity index (χ0) is 66.5. The molecule has 2 aliphatic rings. The van der Waals surface area contributed by atoms with E-state index in [0.717, 1.165) is 28.8 Å². The monoisotopic (exact) mass is 1420 g/mol. The van der Waals surface area contributed by atoms with Gasteiger partial charge in [0.2, 0.25) is 0 Å². The van der Waals surface area contributed by atoms with Crippen LogP contribution in [0.5, 0.6) is 0 Å². The highest BCUT2D eigenvalue weighted by atomic mass is 79.9. The smallest absolute Gasteiger partial charge is 0.330 e. The summed E-state index contributed by atoms with van der Waals surface area (Å²) in [5.74, 6) is -1.34. The van der Waals surface area contributed by atoms with Crippen molar-refractivity contribution in [3.8, 4) is 28.5 Å². The summed E-state index contributed by atoms with van der Waals surface area (Å²) in [5, 5.41) is 22.5. The van der Waals surface area contributed by atoms with Crippen LogP contribution in [0, 0.1) is 0 Å². The second-order valence-electron chi connectivity index (χ2n) is 23.5. The van der Waals surface area contributed by atoms with Crippen LogP contribution in [0.4, 0.5) is 26.3 Å². The molecule has 20 nitrogen and oxygen atoms in total. The molecule has 2 aliphatic heterocycles. The SMILES string of the molecule is CC1Cc2c(n3ncc(Cc4ccccc4)c3n(-c3ccc(-n4nnnc4Cc4cccc(Cc5cnn6c7c(c(=O)n(-c8ccc(-c9nc(=O)on9C)cc8)c56)CC(C)N(C(=O)c5ccc(Br)c(C(F)(F)F)c5)C7)c4)cc3)c2=O)CN1C(=O)c1ccc(Br)c(C(F)(F)F)c1. The first kappa shape index (κ1) is 62.1. The maximum absolute atomic E-state index is 15.1. The van der Waals surface area contributed by atoms with Gasteiger partial charge >= 0.3 is 18.1 Å². The lowest BCUT2D eigenvalue weighted by Crippen LogP contribution is -2.46. The molecule has 12 aromatic rings. The Balaban J connectivity index is 0.775. The third kappa shape index (κ3) is 11.4. The first-order valence-electron chi connectivity index (χ1n) is 29.7. The summed E-state index contributed by atoms with van der Waals surface area (Å²) in [7, 11) is 1.54. The van der Waals surface area contributed by atoms with E-state index in [1.807, 2.05) is 54.6 Å². The predicted molar refractivity (Wildman–Crippen MR) is 341 cm³/mol. The highest BCUT2D eigenvalue weighted by Gasteiger charge is 2.39. The van der Waals surface area contributed by atoms with Crippen LogP contribution in [-0.4, -0.2) is 92.0 Å². The van der Waals surface area contributed by atoms with E-state index in [2.05, 4.69) is 52.4 Å². The molecule has 0 saturated heterocycles. The molecular formula is C67H50Br2F6N14O6. The van der Waals surface area contributed by atoms with E-state index in [9.17, 15) is 40.7 Å². The normalized spacial score (nSPS) is 15.0. The van der Waals surface area contributed by atoms with Gasteiger partial charge in [0.15, 0.2) is 11.6 Å². The van der Waals surface area contributed by atoms with Gasteiger partial charge in [-0.2, -0.15) is 50.9 Å². The molecule has 0 radical (unpaired) electrons. The topological polar surface area (TPSA) is 211 Å². The average molecular weight is 1420 g/mol. The highest BCUT2D eigenvalue weighted by Crippen LogP contribution is 2.39. The number of hydrogen-bond donors (Lipinski definition) is 0. The van der Waals surface area contributed by atoms with Gasteiger partial charge in [-0.05, 0) is 139 Å². The Labute approximate surface area is 550 Å². The lowest BCUT2D eigenvalue weighted by atomic mass is 9.97. The lowest BCUT2D eigenvalue weighted by Gasteiger charge is -2.35. The molecule has 2 atom stereocenters. The zero-order valence-corrected chi connectivity index (χ0v) is 53.4. The predicted octanol–water partition coefficient (Wildman–Crippen LogP) is 11.1. The molecule has 0 aliphatic carbocycles. The van der Waals surface area contributed by atoms with E-state index in [-0.39, 0.29) is 70.2 Å². The van der Waals surface area contributed by atoms with Crippen molar-refractivity contribution in [3.05, 3.63) is 271 Å². The van der Waals surface area contributed by atoms with Gasteiger partial charge in [-0.25, -0.2) is 13.8 Å². The van der Waals surface area contributed by atoms with E-state index in [4.69, 9.17) is 14.7 Å². The molecule has 95 heavy (non-hydrogen) atoms. The molecule has 0 saturated carbocycles. The fourth-order valence-electron chi connectivity index (χ4n) is 12.8. The van der Waals surface area contributed by atoms with Gasteiger partial charge in [-0.1, -0.05) is 86.5 Å². The standard InChI is InChI=1S/C67H50Br2F6N14O6/c1-36-24-49-56(35-84(36)62(91)43-15-23-54(69)52(31-43)67(73,74)75)89-60(85(63(49)92)46-16-12-41(13-17-46)58-78-65(94)95-82(58)3)45(33-77-89)28-39-10-7-11-40(26-39)29-57-79-80-81-87(57)48-20-18-47(19-21-48)86-59-44(27-38-8-5-4-6-9-38)32-76-88(59)55-34-83(37(2)25-50(55)64(86)93)61(90)42-14-22-53(68)51(30-42)66(70,71)72/h4-23,26,30-33,36-37H,24-25,27-29,34-35H2,1-3H3. The number of aromatic nitrogens is 12. The Kier molecular flexibility index (Phi) is 15.6. The molecular weight excluding hydrogens is 1370 g/mol. The molecule has 0 spiro atoms. The maximum atomic E-state index is 15.1. The minimum atomic E-state index is -4.74. The number of aryl methyl sites for hydroxylation is 1. The number of rotatable bonds is 12. The second kappa shape index (κ2) is 23.9. The molecule has 6 aromatic heterocycles. The van der Waals surface area contributed by atoms with Crippen molar-refractivity contribution in [2.45, 2.75) is 83.5 Å². The third-order valence-corrected chi connectivity index (χ3v) is 18.8. The van der Waals surface area contributed by atoms with Gasteiger partial charge in [0, 0.05) is 86.3 Å². The highest BCUT2D eigenvalue weighted by molar-refractivity contribution is 9.10. The van der Waals surface area contributed by atoms with Crippen molar-refractivity contribution in [2.75, 3.05) is 0 Å². The van der Waals surface area contributed by atoms with Crippen molar-refractivity contribution < 1.29 is 40.5 Å². The van der Waals surface area contributed by atoms with Gasteiger partial charge in [0.1, 0.15) is 11.3 Å². The Bertz CT molecular complexity index is 5270. The van der Waals surface area contributed by atoms with Crippen LogP contribution in [0.1, 0.15) is 102 Å². The minimum absolute atomic E-state index is 0.0577. The summed E-state index contributed by atoms with van der Waals surface area (Å²) >= 11 is 5.94. The van der Waals surface area contributed by atoms with E-state index in [0.29, 0.717) is 79.8 Å². The van der Waals surface area contributed by atoms with Crippen molar-refractivity contribution in [1.82, 2.24) is 68.1 Å². The molecule has 480 valence electrons. The molecule has 0 N–H and O–H groups in total. The van der Waals surface area contributed by atoms with E-state index in [1.54, 1.807) is 105 Å². The number of hydrogen-bond acceptors (Lipinski definition) is 12. The van der Waals surface area contributed by atoms with Gasteiger partial charge in [0.25, 0.3) is 22.9 Å². The summed E-state index contributed by atoms with van der Waals surface area (Å²) in [6.45, 7) is 3.23. The van der Waals surface area contributed by atoms with E-state index < -0.39 is 58.7 Å². The Morgan fingerprint density at radius 2 is 1.05 bits per heavy atom. The van der Waals surface area contributed by atoms with Gasteiger partial charge in [-0.15, -0.1) is 5.10 Å². The lowest BCUT2D eigenvalue weighted by molar-refractivity contribution is -0.139. The van der Waals surface area contributed by atoms with Crippen LogP contribution in [0.25, 0.3) is 39.7 Å². The van der Waals surface area contributed by atoms with Crippen LogP contribution < -0.4 is 16.9 Å². The van der Waals surface area contributed by atoms with Crippen molar-refractivity contribution in [3.63, 3.8) is 0 Å². The summed E-state index contributed by atoms with van der Waals surface area (Å²) < 4.78 is 98.1. The van der Waals surface area contributed by atoms with Gasteiger partial charge < -0.3 is 14.3 Å². The Hall–Kier alpha value is -10.4. The van der Waals surface area contributed by atoms with Crippen LogP contribution in [-0.2, 0) is 64.6 Å². The van der Waals surface area contributed by atoms with Crippen molar-refractivity contribution in [2.24, 2.45) is 7.05 Å². The number of tetrazole rings is 1. The van der Waals surface area contributed by atoms with Crippen LogP contribution >= 0.6 is 31.9 Å². The quantitative estimate of drug-likeness (QED) is 0.105. The average Bonchev–Trinajstić information content (AvgIpc) is 1.71. The Morgan fingerprint density at radius 3 is 1.55 bits per heavy atom. The third-order valence-electron chi connectivity index (χ3n) is 17.4. The van der Waals surface area contributed by atoms with E-state index >= 15 is 9.59 Å². The summed E-state index contributed by atoms with van der Waals surface area (Å²) in [6.07, 6.45) is -5.11. The minimum Gasteiger partial charge on any atom is -0.330 e. The first-order valence-corrected chi connectivity index (χ1v) is 31.3. The fraction of sp³-hybridized carbons (Fsp3) is 0.209. The number of halogens is 8. The molecule has 14 rings (SSSR count). The maximum Gasteiger partial charge on any atom is 0.460 e. The molecule has 0 fully saturated rings. The molecule has 2 amide bonds. The molecule has 0 bridgehead atoms. The van der Waals surface area contributed by atoms with Crippen molar-refractivity contribution in [1.29, 1.82) is 0 Å². The number of carbonyl (C=O) groups excluding carboxylic acids is 2. The molecule has 8 heterocycles. The largest absolute Gasteiger partial charge is 0.460 e. The number of amides is 2. The van der Waals surface area contributed by atoms with Crippen LogP contribution in [0.15, 0.2) is 180 Å². The van der Waals surface area contributed by atoms with Crippen LogP contribution in [0.3, 0.4) is 0 Å². The molecule has 2 unspecified atom stereocenters. The molecule has 6 aromatic carbocycles. The van der Waals surface area contributed by atoms with E-state index in [1.165, 1.54) is 38.8 Å². The number of carbonyl (C=O) groups is 2. The number of fused-ring (bicyclic) bond motifs is 6. The first-order chi connectivity index (χ1) is 45.5. The van der Waals surface area contributed by atoms with Crippen LogP contribution in [0.2, 0.25) is 0 Å². The van der Waals surface area contributed by atoms with Crippen molar-refractivity contribution >= 4 is 55.0 Å². The second-order valence-corrected chi connectivity index (χ2v) is 25.2. The summed E-state index contributed by atoms with van der Waals surface area (Å²) in [4.78, 5) is 77.5. The number of alkyl halides is 6.